The molecule has 0 saturated carbocycles. The molecule has 2 rings (SSSR count). The van der Waals surface area contributed by atoms with Gasteiger partial charge < -0.3 is 14.8 Å². The first-order valence-corrected chi connectivity index (χ1v) is 7.01. The zero-order valence-corrected chi connectivity index (χ0v) is 12.8. The molecule has 1 aliphatic heterocycles. The van der Waals surface area contributed by atoms with E-state index in [1.54, 1.807) is 12.1 Å². The van der Waals surface area contributed by atoms with Gasteiger partial charge in [-0.2, -0.15) is 0 Å². The molecule has 1 aliphatic rings. The van der Waals surface area contributed by atoms with Gasteiger partial charge in [0.25, 0.3) is 0 Å². The Morgan fingerprint density at radius 3 is 2.80 bits per heavy atom. The molecule has 1 aromatic carbocycles. The van der Waals surface area contributed by atoms with E-state index in [0.717, 1.165) is 5.69 Å². The lowest BCUT2D eigenvalue weighted by Crippen LogP contribution is -2.56. The van der Waals surface area contributed by atoms with Gasteiger partial charge in [-0.05, 0) is 32.0 Å². The number of nitrogens with one attached hydrogen (secondary N) is 1. The van der Waals surface area contributed by atoms with Crippen molar-refractivity contribution in [2.24, 2.45) is 0 Å². The highest BCUT2D eigenvalue weighted by molar-refractivity contribution is 6.30. The molecule has 0 bridgehead atoms. The molecule has 1 heterocycles. The number of carbonyl (C=O) groups excluding carboxylic acids is 1. The van der Waals surface area contributed by atoms with Crippen molar-refractivity contribution >= 4 is 23.3 Å². The molecule has 0 aliphatic carbocycles. The van der Waals surface area contributed by atoms with Gasteiger partial charge in [-0.15, -0.1) is 0 Å². The number of rotatable bonds is 3. The molecule has 1 saturated heterocycles. The van der Waals surface area contributed by atoms with Crippen molar-refractivity contribution in [3.8, 4) is 0 Å². The van der Waals surface area contributed by atoms with E-state index in [9.17, 15) is 4.79 Å². The van der Waals surface area contributed by atoms with Crippen LogP contribution in [-0.4, -0.2) is 30.8 Å². The number of esters is 1. The monoisotopic (exact) mass is 297 g/mol. The Hall–Kier alpha value is -1.26. The van der Waals surface area contributed by atoms with Crippen LogP contribution in [0.1, 0.15) is 26.7 Å². The van der Waals surface area contributed by atoms with Gasteiger partial charge in [-0.1, -0.05) is 17.7 Å². The van der Waals surface area contributed by atoms with Crippen LogP contribution < -0.4 is 5.32 Å². The van der Waals surface area contributed by atoms with Crippen LogP contribution in [0.15, 0.2) is 24.3 Å². The Balaban J connectivity index is 2.30. The molecule has 110 valence electrons. The highest BCUT2D eigenvalue weighted by Crippen LogP contribution is 2.36. The summed E-state index contributed by atoms with van der Waals surface area (Å²) < 4.78 is 10.7. The first-order chi connectivity index (χ1) is 9.37. The van der Waals surface area contributed by atoms with Gasteiger partial charge in [0, 0.05) is 23.6 Å². The number of benzene rings is 1. The fourth-order valence-electron chi connectivity index (χ4n) is 2.74. The Labute approximate surface area is 124 Å². The first-order valence-electron chi connectivity index (χ1n) is 6.63. The number of methoxy groups -OCH3 is 1. The number of anilines is 1. The SMILES string of the molecule is COC(=O)C1(Nc2cccc(Cl)c2)CCOC(C)(C)C1. The fraction of sp³-hybridized carbons (Fsp3) is 0.533. The minimum absolute atomic E-state index is 0.270. The third kappa shape index (κ3) is 3.25. The van der Waals surface area contributed by atoms with Crippen molar-refractivity contribution in [1.29, 1.82) is 0 Å². The van der Waals surface area contributed by atoms with Crippen LogP contribution in [0.2, 0.25) is 5.02 Å². The van der Waals surface area contributed by atoms with Crippen molar-refractivity contribution < 1.29 is 14.3 Å². The Kier molecular flexibility index (Phi) is 4.25. The lowest BCUT2D eigenvalue weighted by molar-refractivity contribution is -0.156. The van der Waals surface area contributed by atoms with Gasteiger partial charge in [0.2, 0.25) is 0 Å². The Morgan fingerprint density at radius 2 is 2.20 bits per heavy atom. The summed E-state index contributed by atoms with van der Waals surface area (Å²) in [6.45, 7) is 4.46. The van der Waals surface area contributed by atoms with Crippen LogP contribution in [0.5, 0.6) is 0 Å². The molecular formula is C15H20ClNO3. The summed E-state index contributed by atoms with van der Waals surface area (Å²) >= 11 is 6.00. The second-order valence-corrected chi connectivity index (χ2v) is 6.18. The maximum atomic E-state index is 12.3. The molecule has 0 radical (unpaired) electrons. The average molecular weight is 298 g/mol. The van der Waals surface area contributed by atoms with E-state index in [2.05, 4.69) is 5.32 Å². The van der Waals surface area contributed by atoms with Crippen molar-refractivity contribution in [3.63, 3.8) is 0 Å². The largest absolute Gasteiger partial charge is 0.467 e. The van der Waals surface area contributed by atoms with E-state index in [-0.39, 0.29) is 11.6 Å². The predicted molar refractivity (Wildman–Crippen MR) is 79.1 cm³/mol. The molecule has 20 heavy (non-hydrogen) atoms. The van der Waals surface area contributed by atoms with Gasteiger partial charge in [-0.3, -0.25) is 0 Å². The number of halogens is 1. The molecule has 1 unspecified atom stereocenters. The van der Waals surface area contributed by atoms with E-state index in [1.807, 2.05) is 26.0 Å². The van der Waals surface area contributed by atoms with E-state index < -0.39 is 5.54 Å². The van der Waals surface area contributed by atoms with Crippen molar-refractivity contribution in [2.75, 3.05) is 19.0 Å². The molecule has 0 aromatic heterocycles. The summed E-state index contributed by atoms with van der Waals surface area (Å²) in [5.74, 6) is -0.270. The summed E-state index contributed by atoms with van der Waals surface area (Å²) in [5.41, 5.74) is -0.347. The van der Waals surface area contributed by atoms with Gasteiger partial charge >= 0.3 is 5.97 Å². The van der Waals surface area contributed by atoms with Gasteiger partial charge in [-0.25, -0.2) is 4.79 Å². The quantitative estimate of drug-likeness (QED) is 0.870. The number of carbonyl (C=O) groups is 1. The highest BCUT2D eigenvalue weighted by atomic mass is 35.5. The van der Waals surface area contributed by atoms with Crippen LogP contribution in [0.3, 0.4) is 0 Å². The van der Waals surface area contributed by atoms with Crippen molar-refractivity contribution in [2.45, 2.75) is 37.8 Å². The third-order valence-corrected chi connectivity index (χ3v) is 3.77. The molecule has 1 fully saturated rings. The van der Waals surface area contributed by atoms with Crippen LogP contribution in [0.4, 0.5) is 5.69 Å². The van der Waals surface area contributed by atoms with E-state index in [0.29, 0.717) is 24.5 Å². The smallest absolute Gasteiger partial charge is 0.331 e. The average Bonchev–Trinajstić information content (AvgIpc) is 2.36. The summed E-state index contributed by atoms with van der Waals surface area (Å²) in [5, 5.41) is 3.93. The molecule has 1 atom stereocenters. The molecule has 5 heteroatoms. The Morgan fingerprint density at radius 1 is 1.45 bits per heavy atom. The zero-order chi connectivity index (χ0) is 14.8. The number of ether oxygens (including phenoxy) is 2. The van der Waals surface area contributed by atoms with Gasteiger partial charge in [0.05, 0.1) is 19.3 Å². The molecule has 0 amide bonds. The summed E-state index contributed by atoms with van der Waals surface area (Å²) in [6, 6.07) is 7.33. The lowest BCUT2D eigenvalue weighted by atomic mass is 9.81. The minimum Gasteiger partial charge on any atom is -0.467 e. The summed E-state index contributed by atoms with van der Waals surface area (Å²) in [4.78, 5) is 12.3. The number of hydrogen-bond acceptors (Lipinski definition) is 4. The van der Waals surface area contributed by atoms with Crippen LogP contribution in [-0.2, 0) is 14.3 Å². The topological polar surface area (TPSA) is 47.6 Å². The third-order valence-electron chi connectivity index (χ3n) is 3.53. The molecule has 0 spiro atoms. The molecule has 4 nitrogen and oxygen atoms in total. The fourth-order valence-corrected chi connectivity index (χ4v) is 2.93. The second kappa shape index (κ2) is 5.62. The molecule has 1 N–H and O–H groups in total. The summed E-state index contributed by atoms with van der Waals surface area (Å²) in [6.07, 6.45) is 1.11. The second-order valence-electron chi connectivity index (χ2n) is 5.74. The van der Waals surface area contributed by atoms with Crippen molar-refractivity contribution in [1.82, 2.24) is 0 Å². The van der Waals surface area contributed by atoms with Crippen LogP contribution in [0.25, 0.3) is 0 Å². The first kappa shape index (κ1) is 15.1. The van der Waals surface area contributed by atoms with E-state index in [4.69, 9.17) is 21.1 Å². The minimum atomic E-state index is -0.777. The zero-order valence-electron chi connectivity index (χ0n) is 12.0. The van der Waals surface area contributed by atoms with Crippen molar-refractivity contribution in [3.05, 3.63) is 29.3 Å². The predicted octanol–water partition coefficient (Wildman–Crippen LogP) is 3.25. The summed E-state index contributed by atoms with van der Waals surface area (Å²) in [7, 11) is 1.41. The van der Waals surface area contributed by atoms with Crippen LogP contribution >= 0.6 is 11.6 Å². The number of hydrogen-bond donors (Lipinski definition) is 1. The Bertz CT molecular complexity index is 504. The highest BCUT2D eigenvalue weighted by Gasteiger charge is 2.47. The maximum absolute atomic E-state index is 12.3. The van der Waals surface area contributed by atoms with Gasteiger partial charge in [0.1, 0.15) is 5.54 Å². The molecule has 1 aromatic rings. The maximum Gasteiger partial charge on any atom is 0.331 e. The van der Waals surface area contributed by atoms with Gasteiger partial charge in [0.15, 0.2) is 0 Å². The molecular weight excluding hydrogens is 278 g/mol. The van der Waals surface area contributed by atoms with Crippen LogP contribution in [0, 0.1) is 0 Å². The lowest BCUT2D eigenvalue weighted by Gasteiger charge is -2.43. The van der Waals surface area contributed by atoms with E-state index in [1.165, 1.54) is 7.11 Å². The van der Waals surface area contributed by atoms with E-state index >= 15 is 0 Å². The normalized spacial score (nSPS) is 25.0. The standard InChI is InChI=1S/C15H20ClNO3/c1-14(2)10-15(7-8-20-14,13(18)19-3)17-12-6-4-5-11(16)9-12/h4-6,9,17H,7-8,10H2,1-3H3.